The summed E-state index contributed by atoms with van der Waals surface area (Å²) in [5.41, 5.74) is 0. The third kappa shape index (κ3) is 0.126. The molecule has 0 heterocycles. The van der Waals surface area contributed by atoms with Crippen molar-refractivity contribution >= 4 is 17.7 Å². The van der Waals surface area contributed by atoms with Crippen LogP contribution in [0.2, 0.25) is 4.09 Å². The van der Waals surface area contributed by atoms with Crippen LogP contribution in [0.3, 0.4) is 0 Å². The molecular weight excluding hydrogens is 103 g/mol. The summed E-state index contributed by atoms with van der Waals surface area (Å²) in [5, 5.41) is 0. The summed E-state index contributed by atoms with van der Waals surface area (Å²) >= 11 is 2.56. The van der Waals surface area contributed by atoms with Crippen molar-refractivity contribution in [2.24, 2.45) is 41.4 Å². The fourth-order valence-electron chi connectivity index (χ4n) is 6.01. The van der Waals surface area contributed by atoms with Gasteiger partial charge in [0.1, 0.15) is 0 Å². The standard InChI is InChI=1S/C8H7.Li/c1-2-5-3(1)7-4(1)6(2)8(5)7;/h1-7H;. The Balaban J connectivity index is 1.93. The minimum absolute atomic E-state index is 0.967. The predicted octanol–water partition coefficient (Wildman–Crippen LogP) is 0.695. The van der Waals surface area contributed by atoms with Crippen LogP contribution in [0.5, 0.6) is 0 Å². The molecule has 0 aromatic heterocycles. The Morgan fingerprint density at radius 3 is 1.44 bits per heavy atom. The summed E-state index contributed by atoms with van der Waals surface area (Å²) in [5.74, 6) is 9.05. The molecule has 6 rings (SSSR count). The quantitative estimate of drug-likeness (QED) is 0.402. The third-order valence-electron chi connectivity index (χ3n) is 5.98. The first-order chi connectivity index (χ1) is 4.37. The van der Waals surface area contributed by atoms with Crippen LogP contribution in [-0.2, 0) is 0 Å². The zero-order valence-corrected chi connectivity index (χ0v) is 5.54. The van der Waals surface area contributed by atoms with Gasteiger partial charge in [0, 0.05) is 0 Å². The van der Waals surface area contributed by atoms with Crippen LogP contribution in [0.1, 0.15) is 0 Å². The molecule has 0 atom stereocenters. The van der Waals surface area contributed by atoms with Gasteiger partial charge in [-0.25, -0.2) is 0 Å². The van der Waals surface area contributed by atoms with Gasteiger partial charge >= 0.3 is 63.2 Å². The third-order valence-corrected chi connectivity index (χ3v) is 5.98. The zero-order chi connectivity index (χ0) is 5.54. The SMILES string of the molecule is [Li][C]12C3C4C5C3C1C5C42. The van der Waals surface area contributed by atoms with Crippen LogP contribution in [0.25, 0.3) is 0 Å². The molecule has 0 aromatic carbocycles. The Morgan fingerprint density at radius 2 is 1.22 bits per heavy atom. The van der Waals surface area contributed by atoms with Gasteiger partial charge in [-0.1, -0.05) is 0 Å². The molecule has 0 nitrogen and oxygen atoms in total. The fourth-order valence-corrected chi connectivity index (χ4v) is 6.01. The molecule has 6 aliphatic carbocycles. The fraction of sp³-hybridized carbons (Fsp3) is 1.00. The van der Waals surface area contributed by atoms with Gasteiger partial charge in [0.15, 0.2) is 0 Å². The molecule has 0 bridgehead atoms. The van der Waals surface area contributed by atoms with E-state index in [2.05, 4.69) is 17.7 Å². The second-order valence-electron chi connectivity index (χ2n) is 5.25. The van der Waals surface area contributed by atoms with E-state index in [1.165, 1.54) is 41.4 Å². The van der Waals surface area contributed by atoms with E-state index in [0.29, 0.717) is 0 Å². The average molecular weight is 110 g/mol. The second-order valence-corrected chi connectivity index (χ2v) is 5.25. The second kappa shape index (κ2) is 0.652. The molecule has 6 aliphatic rings. The van der Waals surface area contributed by atoms with Crippen molar-refractivity contribution in [3.63, 3.8) is 0 Å². The Kier molecular flexibility index (Phi) is 0.278. The molecule has 6 saturated carbocycles. The minimum atomic E-state index is 0.967. The maximum atomic E-state index is 2.56. The van der Waals surface area contributed by atoms with Gasteiger partial charge in [-0.15, -0.1) is 0 Å². The van der Waals surface area contributed by atoms with Gasteiger partial charge in [0.25, 0.3) is 0 Å². The molecule has 0 saturated heterocycles. The van der Waals surface area contributed by atoms with E-state index in [9.17, 15) is 0 Å². The molecule has 9 heavy (non-hydrogen) atoms. The van der Waals surface area contributed by atoms with Crippen LogP contribution in [-0.4, -0.2) is 17.7 Å². The predicted molar refractivity (Wildman–Crippen MR) is 32.9 cm³/mol. The summed E-state index contributed by atoms with van der Waals surface area (Å²) < 4.78 is 0.967. The van der Waals surface area contributed by atoms with Gasteiger partial charge in [0.05, 0.1) is 0 Å². The molecule has 0 N–H and O–H groups in total. The molecule has 6 fully saturated rings. The van der Waals surface area contributed by atoms with Gasteiger partial charge in [0.2, 0.25) is 0 Å². The van der Waals surface area contributed by atoms with Gasteiger partial charge in [-0.05, 0) is 0 Å². The average Bonchev–Trinajstić information content (AvgIpc) is 1.88. The van der Waals surface area contributed by atoms with Gasteiger partial charge < -0.3 is 0 Å². The first kappa shape index (κ1) is 3.84. The molecule has 0 spiro atoms. The Labute approximate surface area is 63.6 Å². The van der Waals surface area contributed by atoms with E-state index in [4.69, 9.17) is 0 Å². The Morgan fingerprint density at radius 1 is 0.778 bits per heavy atom. The topological polar surface area (TPSA) is 0 Å². The zero-order valence-electron chi connectivity index (χ0n) is 5.54. The van der Waals surface area contributed by atoms with E-state index >= 15 is 0 Å². The summed E-state index contributed by atoms with van der Waals surface area (Å²) in [6, 6.07) is 0. The summed E-state index contributed by atoms with van der Waals surface area (Å²) in [6.07, 6.45) is 0. The maximum absolute atomic E-state index is 2.56. The molecule has 0 amide bonds. The number of rotatable bonds is 0. The molecule has 0 radical (unpaired) electrons. The normalized spacial score (nSPS) is 106. The van der Waals surface area contributed by atoms with Crippen molar-refractivity contribution in [1.82, 2.24) is 0 Å². The van der Waals surface area contributed by atoms with Crippen molar-refractivity contribution < 1.29 is 0 Å². The Hall–Kier alpha value is 0.597. The van der Waals surface area contributed by atoms with E-state index in [1.807, 2.05) is 0 Å². The monoisotopic (exact) mass is 110 g/mol. The molecule has 0 aliphatic heterocycles. The van der Waals surface area contributed by atoms with Crippen molar-refractivity contribution in [2.75, 3.05) is 0 Å². The van der Waals surface area contributed by atoms with Crippen molar-refractivity contribution in [2.45, 2.75) is 4.09 Å². The van der Waals surface area contributed by atoms with Crippen molar-refractivity contribution in [3.8, 4) is 0 Å². The van der Waals surface area contributed by atoms with E-state index in [1.54, 1.807) is 0 Å². The van der Waals surface area contributed by atoms with Crippen molar-refractivity contribution in [3.05, 3.63) is 0 Å². The molecule has 1 heteroatoms. The molecular formula is C8H7Li. The first-order valence-corrected chi connectivity index (χ1v) is 4.37. The number of hydrogen-bond acceptors (Lipinski definition) is 0. The van der Waals surface area contributed by atoms with Gasteiger partial charge in [-0.2, -0.15) is 0 Å². The molecule has 0 unspecified atom stereocenters. The van der Waals surface area contributed by atoms with Crippen LogP contribution >= 0.6 is 0 Å². The van der Waals surface area contributed by atoms with Crippen LogP contribution < -0.4 is 0 Å². The van der Waals surface area contributed by atoms with Crippen LogP contribution in [0.4, 0.5) is 0 Å². The first-order valence-electron chi connectivity index (χ1n) is 4.37. The van der Waals surface area contributed by atoms with Crippen molar-refractivity contribution in [1.29, 1.82) is 0 Å². The van der Waals surface area contributed by atoms with Crippen LogP contribution in [0.15, 0.2) is 0 Å². The molecule has 40 valence electrons. The Bertz CT molecular complexity index is 206. The summed E-state index contributed by atoms with van der Waals surface area (Å²) in [6.45, 7) is 0. The van der Waals surface area contributed by atoms with E-state index in [0.717, 1.165) is 4.09 Å². The van der Waals surface area contributed by atoms with Gasteiger partial charge in [-0.3, -0.25) is 0 Å². The molecule has 0 aromatic rings. The van der Waals surface area contributed by atoms with Crippen LogP contribution in [0, 0.1) is 41.4 Å². The van der Waals surface area contributed by atoms with E-state index in [-0.39, 0.29) is 0 Å². The summed E-state index contributed by atoms with van der Waals surface area (Å²) in [4.78, 5) is 0. The number of hydrogen-bond donors (Lipinski definition) is 0. The van der Waals surface area contributed by atoms with E-state index < -0.39 is 0 Å². The summed E-state index contributed by atoms with van der Waals surface area (Å²) in [7, 11) is 0.